The van der Waals surface area contributed by atoms with Crippen molar-refractivity contribution in [2.24, 2.45) is 0 Å². The molecule has 3 nitrogen and oxygen atoms in total. The Balaban J connectivity index is 1.49. The average molecular weight is 369 g/mol. The molecule has 1 aliphatic rings. The van der Waals surface area contributed by atoms with Gasteiger partial charge in [0.05, 0.1) is 4.88 Å². The van der Waals surface area contributed by atoms with Crippen LogP contribution in [0.5, 0.6) is 0 Å². The first kappa shape index (κ1) is 16.8. The molecule has 6 heteroatoms. The second-order valence-corrected chi connectivity index (χ2v) is 7.53. The number of hydrogen-bond donors (Lipinski definition) is 1. The normalized spacial score (nSPS) is 16.4. The van der Waals surface area contributed by atoms with Crippen LogP contribution in [0.2, 0.25) is 10.0 Å². The number of hydrogen-bond acceptors (Lipinski definition) is 3. The predicted octanol–water partition coefficient (Wildman–Crippen LogP) is 4.45. The van der Waals surface area contributed by atoms with Gasteiger partial charge in [-0.3, -0.25) is 9.69 Å². The number of nitrogens with zero attached hydrogens (tertiary/aromatic N) is 1. The van der Waals surface area contributed by atoms with Gasteiger partial charge in [-0.1, -0.05) is 35.3 Å². The van der Waals surface area contributed by atoms with Crippen LogP contribution >= 0.6 is 34.5 Å². The Hall–Kier alpha value is -1.07. The van der Waals surface area contributed by atoms with Crippen LogP contribution in [-0.2, 0) is 6.54 Å². The number of likely N-dealkylation sites (tertiary alicyclic amines) is 1. The van der Waals surface area contributed by atoms with Crippen molar-refractivity contribution in [2.45, 2.75) is 25.4 Å². The monoisotopic (exact) mass is 368 g/mol. The van der Waals surface area contributed by atoms with E-state index in [4.69, 9.17) is 23.2 Å². The van der Waals surface area contributed by atoms with Crippen molar-refractivity contribution in [1.82, 2.24) is 10.2 Å². The standard InChI is InChI=1S/C17H18Cl2N2OS/c18-13-4-3-12(15(19)10-13)11-21-7-5-14(6-8-21)20-17(22)16-2-1-9-23-16/h1-4,9-10,14H,5-8,11H2,(H,20,22). The molecule has 1 saturated heterocycles. The van der Waals surface area contributed by atoms with Gasteiger partial charge in [-0.15, -0.1) is 11.3 Å². The Bertz CT molecular complexity index is 667. The maximum absolute atomic E-state index is 12.1. The summed E-state index contributed by atoms with van der Waals surface area (Å²) in [6.45, 7) is 2.73. The molecule has 2 heterocycles. The Morgan fingerprint density at radius 3 is 2.70 bits per heavy atom. The number of amides is 1. The summed E-state index contributed by atoms with van der Waals surface area (Å²) in [5.41, 5.74) is 1.09. The Morgan fingerprint density at radius 2 is 2.04 bits per heavy atom. The summed E-state index contributed by atoms with van der Waals surface area (Å²) in [5, 5.41) is 6.42. The maximum atomic E-state index is 12.1. The molecule has 1 fully saturated rings. The quantitative estimate of drug-likeness (QED) is 0.864. The van der Waals surface area contributed by atoms with E-state index in [-0.39, 0.29) is 11.9 Å². The molecule has 0 unspecified atom stereocenters. The van der Waals surface area contributed by atoms with Gasteiger partial charge >= 0.3 is 0 Å². The summed E-state index contributed by atoms with van der Waals surface area (Å²) in [4.78, 5) is 15.2. The fraction of sp³-hybridized carbons (Fsp3) is 0.353. The highest BCUT2D eigenvalue weighted by molar-refractivity contribution is 7.12. The number of carbonyl (C=O) groups excluding carboxylic acids is 1. The van der Waals surface area contributed by atoms with Crippen LogP contribution < -0.4 is 5.32 Å². The molecular weight excluding hydrogens is 351 g/mol. The largest absolute Gasteiger partial charge is 0.349 e. The van der Waals surface area contributed by atoms with E-state index in [1.165, 1.54) is 11.3 Å². The smallest absolute Gasteiger partial charge is 0.261 e. The summed E-state index contributed by atoms with van der Waals surface area (Å²) < 4.78 is 0. The van der Waals surface area contributed by atoms with Crippen molar-refractivity contribution in [1.29, 1.82) is 0 Å². The number of benzene rings is 1. The molecule has 122 valence electrons. The van der Waals surface area contributed by atoms with Crippen LogP contribution in [0.15, 0.2) is 35.7 Å². The molecule has 2 aromatic rings. The first-order chi connectivity index (χ1) is 11.1. The van der Waals surface area contributed by atoms with E-state index >= 15 is 0 Å². The molecule has 0 atom stereocenters. The van der Waals surface area contributed by atoms with Gasteiger partial charge < -0.3 is 5.32 Å². The van der Waals surface area contributed by atoms with Crippen LogP contribution in [0.1, 0.15) is 28.1 Å². The third kappa shape index (κ3) is 4.48. The summed E-state index contributed by atoms with van der Waals surface area (Å²) >= 11 is 13.6. The lowest BCUT2D eigenvalue weighted by Crippen LogP contribution is -2.44. The van der Waals surface area contributed by atoms with E-state index in [1.54, 1.807) is 6.07 Å². The minimum atomic E-state index is 0.0409. The van der Waals surface area contributed by atoms with Gasteiger partial charge in [-0.2, -0.15) is 0 Å². The van der Waals surface area contributed by atoms with Gasteiger partial charge in [-0.25, -0.2) is 0 Å². The zero-order valence-corrected chi connectivity index (χ0v) is 14.9. The summed E-state index contributed by atoms with van der Waals surface area (Å²) in [6, 6.07) is 9.65. The summed E-state index contributed by atoms with van der Waals surface area (Å²) in [5.74, 6) is 0.0409. The zero-order valence-electron chi connectivity index (χ0n) is 12.6. The highest BCUT2D eigenvalue weighted by Gasteiger charge is 2.22. The minimum Gasteiger partial charge on any atom is -0.349 e. The predicted molar refractivity (Wildman–Crippen MR) is 96.5 cm³/mol. The molecule has 1 N–H and O–H groups in total. The molecule has 1 amide bonds. The van der Waals surface area contributed by atoms with Crippen LogP contribution in [0.4, 0.5) is 0 Å². The van der Waals surface area contributed by atoms with Crippen LogP contribution in [0.25, 0.3) is 0 Å². The van der Waals surface area contributed by atoms with Crippen molar-refractivity contribution in [3.63, 3.8) is 0 Å². The number of rotatable bonds is 4. The van der Waals surface area contributed by atoms with E-state index < -0.39 is 0 Å². The second-order valence-electron chi connectivity index (χ2n) is 5.74. The van der Waals surface area contributed by atoms with E-state index in [0.29, 0.717) is 10.0 Å². The van der Waals surface area contributed by atoms with Crippen LogP contribution in [0.3, 0.4) is 0 Å². The molecule has 1 aromatic carbocycles. The highest BCUT2D eigenvalue weighted by Crippen LogP contribution is 2.23. The third-order valence-electron chi connectivity index (χ3n) is 4.08. The molecule has 1 aliphatic heterocycles. The summed E-state index contributed by atoms with van der Waals surface area (Å²) in [7, 11) is 0. The van der Waals surface area contributed by atoms with Crippen molar-refractivity contribution < 1.29 is 4.79 Å². The highest BCUT2D eigenvalue weighted by atomic mass is 35.5. The molecule has 3 rings (SSSR count). The van der Waals surface area contributed by atoms with Crippen LogP contribution in [-0.4, -0.2) is 29.9 Å². The van der Waals surface area contributed by atoms with Crippen LogP contribution in [0, 0.1) is 0 Å². The average Bonchev–Trinajstić information content (AvgIpc) is 3.06. The Labute approximate surface area is 150 Å². The van der Waals surface area contributed by atoms with Gasteiger partial charge in [0.25, 0.3) is 5.91 Å². The van der Waals surface area contributed by atoms with Crippen molar-refractivity contribution >= 4 is 40.4 Å². The maximum Gasteiger partial charge on any atom is 0.261 e. The number of carbonyl (C=O) groups is 1. The van der Waals surface area contributed by atoms with E-state index in [2.05, 4.69) is 10.2 Å². The molecule has 0 aliphatic carbocycles. The number of thiophene rings is 1. The molecule has 0 saturated carbocycles. The van der Waals surface area contributed by atoms with Gasteiger partial charge in [0.2, 0.25) is 0 Å². The van der Waals surface area contributed by atoms with E-state index in [9.17, 15) is 4.79 Å². The second kappa shape index (κ2) is 7.67. The van der Waals surface area contributed by atoms with Crippen molar-refractivity contribution in [2.75, 3.05) is 13.1 Å². The number of piperidine rings is 1. The lowest BCUT2D eigenvalue weighted by atomic mass is 10.0. The van der Waals surface area contributed by atoms with Gasteiger partial charge in [0.15, 0.2) is 0 Å². The van der Waals surface area contributed by atoms with E-state index in [1.807, 2.05) is 29.6 Å². The van der Waals surface area contributed by atoms with Crippen molar-refractivity contribution in [3.05, 3.63) is 56.2 Å². The molecule has 0 bridgehead atoms. The lowest BCUT2D eigenvalue weighted by molar-refractivity contribution is 0.0913. The topological polar surface area (TPSA) is 32.3 Å². The van der Waals surface area contributed by atoms with Crippen molar-refractivity contribution in [3.8, 4) is 0 Å². The molecule has 0 spiro atoms. The van der Waals surface area contributed by atoms with Gasteiger partial charge in [0, 0.05) is 35.7 Å². The molecule has 0 radical (unpaired) electrons. The third-order valence-corrected chi connectivity index (χ3v) is 5.53. The zero-order chi connectivity index (χ0) is 16.2. The molecular formula is C17H18Cl2N2OS. The first-order valence-corrected chi connectivity index (χ1v) is 9.26. The Morgan fingerprint density at radius 1 is 1.26 bits per heavy atom. The molecule has 23 heavy (non-hydrogen) atoms. The fourth-order valence-corrected chi connectivity index (χ4v) is 3.89. The number of halogens is 2. The fourth-order valence-electron chi connectivity index (χ4n) is 2.79. The number of nitrogens with one attached hydrogen (secondary N) is 1. The summed E-state index contributed by atoms with van der Waals surface area (Å²) in [6.07, 6.45) is 1.92. The Kier molecular flexibility index (Phi) is 5.59. The SMILES string of the molecule is O=C(NC1CCN(Cc2ccc(Cl)cc2Cl)CC1)c1cccs1. The van der Waals surface area contributed by atoms with E-state index in [0.717, 1.165) is 42.9 Å². The van der Waals surface area contributed by atoms with Gasteiger partial charge in [0.1, 0.15) is 0 Å². The van der Waals surface area contributed by atoms with Gasteiger partial charge in [-0.05, 0) is 42.0 Å². The minimum absolute atomic E-state index is 0.0409. The lowest BCUT2D eigenvalue weighted by Gasteiger charge is -2.32. The molecule has 1 aromatic heterocycles. The first-order valence-electron chi connectivity index (χ1n) is 7.62.